The summed E-state index contributed by atoms with van der Waals surface area (Å²) in [6.45, 7) is 6.47. The fourth-order valence-electron chi connectivity index (χ4n) is 5.18. The van der Waals surface area contributed by atoms with Crippen LogP contribution in [0.1, 0.15) is 55.4 Å². The van der Waals surface area contributed by atoms with Crippen LogP contribution in [-0.4, -0.2) is 11.7 Å². The first-order valence-electron chi connectivity index (χ1n) is 11.3. The lowest BCUT2D eigenvalue weighted by Crippen LogP contribution is -2.43. The summed E-state index contributed by atoms with van der Waals surface area (Å²) in [6, 6.07) is 21.0. The lowest BCUT2D eigenvalue weighted by molar-refractivity contribution is -0.121. The quantitative estimate of drug-likeness (QED) is 0.409. The molecule has 3 nitrogen and oxygen atoms in total. The van der Waals surface area contributed by atoms with Gasteiger partial charge < -0.3 is 5.32 Å². The first-order chi connectivity index (χ1) is 16.1. The standard InChI is InChI=1S/C29H25Cl2NO2/c1-28(2,3)19-9-7-17(8-10-19)22-16-29(23-12-11-21(31)14-25(23)32-27(29)34)24(15-26(22)33)18-5-4-6-20(30)13-18/h4-14,16,24H,15H2,1-3H3,(H,32,34)/t24-,29-/m0/s1. The number of amides is 1. The maximum absolute atomic E-state index is 13.7. The van der Waals surface area contributed by atoms with Crippen molar-refractivity contribution < 1.29 is 9.59 Å². The zero-order chi connectivity index (χ0) is 24.3. The SMILES string of the molecule is CC(C)(C)c1ccc(C2=C[C@@]3(C(=O)Nc4cc(Cl)ccc43)[C@H](c3cccc(Cl)c3)CC2=O)cc1. The van der Waals surface area contributed by atoms with Crippen molar-refractivity contribution in [3.8, 4) is 0 Å². The van der Waals surface area contributed by atoms with Gasteiger partial charge in [0.05, 0.1) is 0 Å². The second kappa shape index (κ2) is 8.11. The lowest BCUT2D eigenvalue weighted by atomic mass is 9.61. The van der Waals surface area contributed by atoms with Gasteiger partial charge in [0.25, 0.3) is 0 Å². The Bertz CT molecular complexity index is 1350. The highest BCUT2D eigenvalue weighted by Crippen LogP contribution is 2.54. The summed E-state index contributed by atoms with van der Waals surface area (Å²) >= 11 is 12.5. The van der Waals surface area contributed by atoms with Crippen molar-refractivity contribution in [3.63, 3.8) is 0 Å². The smallest absolute Gasteiger partial charge is 0.239 e. The zero-order valence-corrected chi connectivity index (χ0v) is 20.8. The van der Waals surface area contributed by atoms with Crippen LogP contribution in [0.4, 0.5) is 5.69 Å². The average molecular weight is 490 g/mol. The van der Waals surface area contributed by atoms with E-state index in [-0.39, 0.29) is 23.5 Å². The number of nitrogens with one attached hydrogen (secondary N) is 1. The molecular formula is C29H25Cl2NO2. The molecule has 1 spiro atoms. The Morgan fingerprint density at radius 1 is 0.912 bits per heavy atom. The van der Waals surface area contributed by atoms with E-state index < -0.39 is 11.3 Å². The van der Waals surface area contributed by atoms with Crippen molar-refractivity contribution >= 4 is 46.2 Å². The minimum absolute atomic E-state index is 0.00588. The van der Waals surface area contributed by atoms with Gasteiger partial charge in [0.1, 0.15) is 5.41 Å². The summed E-state index contributed by atoms with van der Waals surface area (Å²) in [5.74, 6) is -0.542. The molecule has 3 aromatic rings. The van der Waals surface area contributed by atoms with Crippen molar-refractivity contribution in [2.75, 3.05) is 5.32 Å². The summed E-state index contributed by atoms with van der Waals surface area (Å²) < 4.78 is 0. The molecule has 1 aliphatic heterocycles. The van der Waals surface area contributed by atoms with Gasteiger partial charge in [0.15, 0.2) is 5.78 Å². The highest BCUT2D eigenvalue weighted by Gasteiger charge is 2.54. The fraction of sp³-hybridized carbons (Fsp3) is 0.241. The van der Waals surface area contributed by atoms with Gasteiger partial charge in [-0.2, -0.15) is 0 Å². The van der Waals surface area contributed by atoms with Crippen LogP contribution in [0.2, 0.25) is 10.0 Å². The molecule has 0 aromatic heterocycles. The Morgan fingerprint density at radius 2 is 1.62 bits per heavy atom. The van der Waals surface area contributed by atoms with Crippen LogP contribution in [0.3, 0.4) is 0 Å². The summed E-state index contributed by atoms with van der Waals surface area (Å²) in [6.07, 6.45) is 2.06. The van der Waals surface area contributed by atoms with Gasteiger partial charge in [-0.15, -0.1) is 0 Å². The van der Waals surface area contributed by atoms with Crippen molar-refractivity contribution in [1.82, 2.24) is 0 Å². The number of anilines is 1. The third-order valence-corrected chi connectivity index (χ3v) is 7.45. The predicted octanol–water partition coefficient (Wildman–Crippen LogP) is 7.32. The van der Waals surface area contributed by atoms with Gasteiger partial charge in [-0.1, -0.05) is 92.5 Å². The molecule has 3 aromatic carbocycles. The molecule has 1 N–H and O–H groups in total. The molecule has 0 saturated heterocycles. The molecule has 1 amide bonds. The number of allylic oxidation sites excluding steroid dienone is 1. The van der Waals surface area contributed by atoms with Crippen molar-refractivity contribution in [2.24, 2.45) is 0 Å². The number of rotatable bonds is 2. The largest absolute Gasteiger partial charge is 0.325 e. The van der Waals surface area contributed by atoms with Gasteiger partial charge >= 0.3 is 0 Å². The highest BCUT2D eigenvalue weighted by atomic mass is 35.5. The molecule has 0 unspecified atom stereocenters. The van der Waals surface area contributed by atoms with E-state index in [0.29, 0.717) is 21.3 Å². The normalized spacial score (nSPS) is 21.9. The third kappa shape index (κ3) is 3.68. The zero-order valence-electron chi connectivity index (χ0n) is 19.3. The minimum atomic E-state index is -1.05. The molecule has 0 bridgehead atoms. The van der Waals surface area contributed by atoms with Crippen LogP contribution in [0.25, 0.3) is 5.57 Å². The van der Waals surface area contributed by atoms with Crippen LogP contribution in [0.5, 0.6) is 0 Å². The number of ketones is 1. The molecule has 5 heteroatoms. The number of hydrogen-bond donors (Lipinski definition) is 1. The Kier molecular flexibility index (Phi) is 5.46. The number of fused-ring (bicyclic) bond motifs is 2. The van der Waals surface area contributed by atoms with Crippen LogP contribution < -0.4 is 5.32 Å². The van der Waals surface area contributed by atoms with Gasteiger partial charge in [0, 0.05) is 33.6 Å². The Balaban J connectivity index is 1.73. The van der Waals surface area contributed by atoms with E-state index in [9.17, 15) is 9.59 Å². The number of halogens is 2. The summed E-state index contributed by atoms with van der Waals surface area (Å²) in [5, 5.41) is 4.13. The summed E-state index contributed by atoms with van der Waals surface area (Å²) in [5.41, 5.74) is 3.89. The predicted molar refractivity (Wildman–Crippen MR) is 139 cm³/mol. The summed E-state index contributed by atoms with van der Waals surface area (Å²) in [4.78, 5) is 27.2. The van der Waals surface area contributed by atoms with Crippen molar-refractivity contribution in [1.29, 1.82) is 0 Å². The van der Waals surface area contributed by atoms with E-state index in [1.165, 1.54) is 5.56 Å². The van der Waals surface area contributed by atoms with Crippen LogP contribution >= 0.6 is 23.2 Å². The van der Waals surface area contributed by atoms with Crippen LogP contribution in [-0.2, 0) is 20.4 Å². The van der Waals surface area contributed by atoms with Crippen LogP contribution in [0, 0.1) is 0 Å². The monoisotopic (exact) mass is 489 g/mol. The molecule has 0 radical (unpaired) electrons. The van der Waals surface area contributed by atoms with Crippen molar-refractivity contribution in [3.05, 3.63) is 105 Å². The average Bonchev–Trinajstić information content (AvgIpc) is 3.05. The third-order valence-electron chi connectivity index (χ3n) is 6.98. The fourth-order valence-corrected chi connectivity index (χ4v) is 5.55. The number of benzene rings is 3. The van der Waals surface area contributed by atoms with Crippen LogP contribution in [0.15, 0.2) is 72.8 Å². The molecule has 2 aliphatic rings. The molecule has 2 atom stereocenters. The van der Waals surface area contributed by atoms with Gasteiger partial charge in [0.2, 0.25) is 5.91 Å². The molecule has 0 saturated carbocycles. The molecule has 34 heavy (non-hydrogen) atoms. The van der Waals surface area contributed by atoms with Gasteiger partial charge in [-0.25, -0.2) is 0 Å². The maximum atomic E-state index is 13.7. The minimum Gasteiger partial charge on any atom is -0.325 e. The van der Waals surface area contributed by atoms with E-state index >= 15 is 0 Å². The lowest BCUT2D eigenvalue weighted by Gasteiger charge is -2.38. The van der Waals surface area contributed by atoms with E-state index in [0.717, 1.165) is 16.7 Å². The topological polar surface area (TPSA) is 46.2 Å². The molecule has 5 rings (SSSR count). The molecule has 1 heterocycles. The number of Topliss-reactive ketones (excluding diaryl/α,β-unsaturated/α-hetero) is 1. The molecule has 1 aliphatic carbocycles. The second-order valence-corrected chi connectivity index (χ2v) is 11.0. The highest BCUT2D eigenvalue weighted by molar-refractivity contribution is 6.31. The Labute approximate surface area is 209 Å². The number of carbonyl (C=O) groups excluding carboxylic acids is 2. The van der Waals surface area contributed by atoms with Gasteiger partial charge in [-0.3, -0.25) is 9.59 Å². The molecule has 0 fully saturated rings. The summed E-state index contributed by atoms with van der Waals surface area (Å²) in [7, 11) is 0. The Morgan fingerprint density at radius 3 is 2.29 bits per heavy atom. The van der Waals surface area contributed by atoms with E-state index in [4.69, 9.17) is 23.2 Å². The Hall–Kier alpha value is -2.88. The van der Waals surface area contributed by atoms with E-state index in [1.807, 2.05) is 42.5 Å². The number of carbonyl (C=O) groups is 2. The maximum Gasteiger partial charge on any atom is 0.239 e. The van der Waals surface area contributed by atoms with E-state index in [1.54, 1.807) is 18.2 Å². The van der Waals surface area contributed by atoms with E-state index in [2.05, 4.69) is 38.2 Å². The second-order valence-electron chi connectivity index (χ2n) is 10.1. The first-order valence-corrected chi connectivity index (χ1v) is 12.1. The van der Waals surface area contributed by atoms with Gasteiger partial charge in [-0.05, 0) is 51.9 Å². The molecule has 172 valence electrons. The first kappa shape index (κ1) is 22.9. The number of hydrogen-bond acceptors (Lipinski definition) is 2. The molecular weight excluding hydrogens is 465 g/mol. The van der Waals surface area contributed by atoms with Crippen molar-refractivity contribution in [2.45, 2.75) is 43.9 Å².